The Morgan fingerprint density at radius 2 is 2.12 bits per heavy atom. The summed E-state index contributed by atoms with van der Waals surface area (Å²) in [6.07, 6.45) is 2.68. The molecule has 1 aliphatic rings. The summed E-state index contributed by atoms with van der Waals surface area (Å²) < 4.78 is 12.7. The maximum absolute atomic E-state index is 11.9. The van der Waals surface area contributed by atoms with Crippen LogP contribution in [-0.2, 0) is 22.5 Å². The van der Waals surface area contributed by atoms with Crippen molar-refractivity contribution < 1.29 is 14.1 Å². The smallest absolute Gasteiger partial charge is 0.320 e. The molecule has 0 saturated carbocycles. The van der Waals surface area contributed by atoms with Crippen LogP contribution in [0.5, 0.6) is 0 Å². The molecule has 0 spiro atoms. The van der Waals surface area contributed by atoms with Crippen molar-refractivity contribution >= 4 is 16.9 Å². The largest absolute Gasteiger partial charge is 0.465 e. The fourth-order valence-electron chi connectivity index (χ4n) is 4.45. The van der Waals surface area contributed by atoms with Gasteiger partial charge in [0.2, 0.25) is 5.82 Å². The van der Waals surface area contributed by atoms with Crippen LogP contribution in [0.2, 0.25) is 0 Å². The van der Waals surface area contributed by atoms with Gasteiger partial charge in [-0.1, -0.05) is 23.4 Å². The minimum atomic E-state index is -0.184. The van der Waals surface area contributed by atoms with E-state index in [1.165, 1.54) is 11.1 Å². The van der Waals surface area contributed by atoms with E-state index < -0.39 is 0 Å². The summed E-state index contributed by atoms with van der Waals surface area (Å²) in [5, 5.41) is 9.80. The van der Waals surface area contributed by atoms with Crippen molar-refractivity contribution in [1.29, 1.82) is 0 Å². The molecule has 2 aromatic heterocycles. The molecule has 0 atom stereocenters. The molecule has 0 amide bonds. The van der Waals surface area contributed by atoms with Gasteiger partial charge in [0.25, 0.3) is 5.89 Å². The highest BCUT2D eigenvalue weighted by atomic mass is 16.5. The maximum Gasteiger partial charge on any atom is 0.320 e. The minimum absolute atomic E-state index is 0.184. The number of esters is 1. The van der Waals surface area contributed by atoms with Crippen molar-refractivity contribution in [3.05, 3.63) is 53.7 Å². The first-order chi connectivity index (χ1) is 16.0. The molecule has 0 radical (unpaired) electrons. The highest BCUT2D eigenvalue weighted by Crippen LogP contribution is 2.31. The van der Waals surface area contributed by atoms with Crippen LogP contribution in [0.1, 0.15) is 37.9 Å². The van der Waals surface area contributed by atoms with Crippen LogP contribution in [0.25, 0.3) is 33.7 Å². The van der Waals surface area contributed by atoms with Crippen LogP contribution in [0.15, 0.2) is 47.1 Å². The molecule has 33 heavy (non-hydrogen) atoms. The van der Waals surface area contributed by atoms with Crippen LogP contribution in [0.3, 0.4) is 0 Å². The summed E-state index contributed by atoms with van der Waals surface area (Å²) in [6, 6.07) is 12.5. The van der Waals surface area contributed by atoms with E-state index >= 15 is 0 Å². The Morgan fingerprint density at radius 3 is 2.94 bits per heavy atom. The van der Waals surface area contributed by atoms with Gasteiger partial charge in [-0.2, -0.15) is 10.1 Å². The minimum Gasteiger partial charge on any atom is -0.465 e. The third kappa shape index (κ3) is 4.14. The Bertz CT molecular complexity index is 1310. The average Bonchev–Trinajstić information content (AvgIpc) is 3.46. The van der Waals surface area contributed by atoms with Gasteiger partial charge in [-0.05, 0) is 56.5 Å². The maximum atomic E-state index is 11.9. The zero-order chi connectivity index (χ0) is 22.9. The standard InChI is InChI=1S/C25H27N5O3/c1-4-32-23(31)15-29-11-10-20-18(14-29)6-5-7-21(20)24-27-25(33-28-24)17-8-9-22-19(12-17)13-26-30(22)16(2)3/h5-9,12-13,16H,4,10-11,14-15H2,1-3H3. The molecular formula is C25H27N5O3. The van der Waals surface area contributed by atoms with Gasteiger partial charge >= 0.3 is 5.97 Å². The summed E-state index contributed by atoms with van der Waals surface area (Å²) in [5.41, 5.74) is 5.32. The number of carbonyl (C=O) groups is 1. The van der Waals surface area contributed by atoms with Gasteiger partial charge in [0, 0.05) is 35.6 Å². The van der Waals surface area contributed by atoms with Crippen molar-refractivity contribution in [2.45, 2.75) is 39.8 Å². The highest BCUT2D eigenvalue weighted by molar-refractivity contribution is 5.83. The van der Waals surface area contributed by atoms with Gasteiger partial charge in [-0.3, -0.25) is 14.4 Å². The van der Waals surface area contributed by atoms with Crippen molar-refractivity contribution in [2.75, 3.05) is 19.7 Å². The highest BCUT2D eigenvalue weighted by Gasteiger charge is 2.23. The average molecular weight is 446 g/mol. The van der Waals surface area contributed by atoms with Crippen molar-refractivity contribution in [1.82, 2.24) is 24.8 Å². The predicted molar refractivity (Wildman–Crippen MR) is 124 cm³/mol. The van der Waals surface area contributed by atoms with E-state index in [0.29, 0.717) is 37.5 Å². The van der Waals surface area contributed by atoms with Gasteiger partial charge < -0.3 is 9.26 Å². The number of benzene rings is 2. The SMILES string of the molecule is CCOC(=O)CN1CCc2c(cccc2-c2noc(-c3ccc4c(cnn4C(C)C)c3)n2)C1. The monoisotopic (exact) mass is 445 g/mol. The number of ether oxygens (including phenoxy) is 1. The van der Waals surface area contributed by atoms with E-state index in [1.54, 1.807) is 0 Å². The Kier molecular flexibility index (Phi) is 5.68. The van der Waals surface area contributed by atoms with Gasteiger partial charge in [-0.25, -0.2) is 0 Å². The third-order valence-electron chi connectivity index (χ3n) is 6.00. The number of nitrogens with zero attached hydrogens (tertiary/aromatic N) is 5. The lowest BCUT2D eigenvalue weighted by atomic mass is 9.94. The molecule has 170 valence electrons. The number of hydrogen-bond donors (Lipinski definition) is 0. The first kappa shape index (κ1) is 21.3. The van der Waals surface area contributed by atoms with Gasteiger partial charge in [0.05, 0.1) is 24.9 Å². The quantitative estimate of drug-likeness (QED) is 0.410. The molecule has 4 aromatic rings. The Hall–Kier alpha value is -3.52. The molecule has 0 bridgehead atoms. The molecular weight excluding hydrogens is 418 g/mol. The first-order valence-corrected chi connectivity index (χ1v) is 11.3. The predicted octanol–water partition coefficient (Wildman–Crippen LogP) is 4.26. The van der Waals surface area contributed by atoms with Gasteiger partial charge in [-0.15, -0.1) is 0 Å². The van der Waals surface area contributed by atoms with E-state index in [4.69, 9.17) is 14.2 Å². The summed E-state index contributed by atoms with van der Waals surface area (Å²) in [7, 11) is 0. The lowest BCUT2D eigenvalue weighted by Crippen LogP contribution is -2.35. The number of rotatable bonds is 6. The normalized spacial score (nSPS) is 14.1. The topological polar surface area (TPSA) is 86.3 Å². The summed E-state index contributed by atoms with van der Waals surface area (Å²) in [6.45, 7) is 8.24. The van der Waals surface area contributed by atoms with E-state index in [-0.39, 0.29) is 5.97 Å². The van der Waals surface area contributed by atoms with Crippen LogP contribution < -0.4 is 0 Å². The molecule has 3 heterocycles. The number of hydrogen-bond acceptors (Lipinski definition) is 7. The van der Waals surface area contributed by atoms with Crippen molar-refractivity contribution in [2.24, 2.45) is 0 Å². The third-order valence-corrected chi connectivity index (χ3v) is 6.00. The van der Waals surface area contributed by atoms with Crippen molar-refractivity contribution in [3.8, 4) is 22.8 Å². The molecule has 0 fully saturated rings. The zero-order valence-electron chi connectivity index (χ0n) is 19.1. The number of fused-ring (bicyclic) bond motifs is 2. The lowest BCUT2D eigenvalue weighted by molar-refractivity contribution is -0.144. The van der Waals surface area contributed by atoms with Gasteiger partial charge in [0.15, 0.2) is 0 Å². The second-order valence-corrected chi connectivity index (χ2v) is 8.59. The second-order valence-electron chi connectivity index (χ2n) is 8.59. The van der Waals surface area contributed by atoms with E-state index in [0.717, 1.165) is 35.0 Å². The van der Waals surface area contributed by atoms with Crippen LogP contribution in [0.4, 0.5) is 0 Å². The molecule has 0 N–H and O–H groups in total. The summed E-state index contributed by atoms with van der Waals surface area (Å²) >= 11 is 0. The van der Waals surface area contributed by atoms with Crippen LogP contribution in [-0.4, -0.2) is 50.5 Å². The summed E-state index contributed by atoms with van der Waals surface area (Å²) in [5.74, 6) is 0.885. The Labute approximate surface area is 192 Å². The van der Waals surface area contributed by atoms with E-state index in [1.807, 2.05) is 48.1 Å². The first-order valence-electron chi connectivity index (χ1n) is 11.3. The number of carbonyl (C=O) groups excluding carboxylic acids is 1. The Balaban J connectivity index is 1.40. The zero-order valence-corrected chi connectivity index (χ0v) is 19.1. The lowest BCUT2D eigenvalue weighted by Gasteiger charge is -2.28. The molecule has 2 aromatic carbocycles. The molecule has 0 unspecified atom stereocenters. The van der Waals surface area contributed by atoms with Crippen LogP contribution >= 0.6 is 0 Å². The number of aromatic nitrogens is 4. The second kappa shape index (κ2) is 8.78. The van der Waals surface area contributed by atoms with E-state index in [2.05, 4.69) is 35.1 Å². The van der Waals surface area contributed by atoms with Crippen molar-refractivity contribution in [3.63, 3.8) is 0 Å². The molecule has 0 saturated heterocycles. The molecule has 5 rings (SSSR count). The fraction of sp³-hybridized carbons (Fsp3) is 0.360. The fourth-order valence-corrected chi connectivity index (χ4v) is 4.45. The summed E-state index contributed by atoms with van der Waals surface area (Å²) in [4.78, 5) is 18.7. The van der Waals surface area contributed by atoms with Gasteiger partial charge in [0.1, 0.15) is 0 Å². The molecule has 1 aliphatic heterocycles. The molecule has 8 heteroatoms. The molecule has 0 aliphatic carbocycles. The van der Waals surface area contributed by atoms with Crippen LogP contribution in [0, 0.1) is 0 Å². The Morgan fingerprint density at radius 1 is 1.24 bits per heavy atom. The molecule has 8 nitrogen and oxygen atoms in total. The van der Waals surface area contributed by atoms with E-state index in [9.17, 15) is 4.79 Å².